The number of benzene rings is 4. The van der Waals surface area contributed by atoms with Crippen molar-refractivity contribution in [3.63, 3.8) is 0 Å². The van der Waals surface area contributed by atoms with Gasteiger partial charge in [-0.25, -0.2) is 0 Å². The molecule has 1 fully saturated rings. The van der Waals surface area contributed by atoms with Crippen molar-refractivity contribution in [1.29, 1.82) is 0 Å². The fourth-order valence-electron chi connectivity index (χ4n) is 15.3. The molecule has 2 unspecified atom stereocenters. The molecule has 0 N–H and O–H groups in total. The summed E-state index contributed by atoms with van der Waals surface area (Å²) in [5.74, 6) is 0.414. The Bertz CT molecular complexity index is 2900. The number of anilines is 5. The van der Waals surface area contributed by atoms with Gasteiger partial charge in [-0.1, -0.05) is 150 Å². The maximum absolute atomic E-state index is 2.93. The standard InChI is InChI=1S/C65H87BN2S/c1-38-47(24-23-42-51(38)63(15,16)30-29-59(42,7)8)68-50-34-39(57(2,3)4)33-49-53(50)66(56-54(68)52-55(69-56)65(19,20)32-31-64(52,17)18)46-36-44-45(62(13,14)28-27-61(44,11)12)37-48(46)67(49)40-21-22-41-43(35-40)60(9,10)26-25-58(41,5)6/h21-24,33-37,52,55H,25-32H2,1-20H3. The van der Waals surface area contributed by atoms with E-state index in [1.54, 1.807) is 32.8 Å². The van der Waals surface area contributed by atoms with Crippen LogP contribution in [0.3, 0.4) is 0 Å². The first kappa shape index (κ1) is 47.9. The van der Waals surface area contributed by atoms with Crippen molar-refractivity contribution in [2.24, 2.45) is 16.7 Å². The topological polar surface area (TPSA) is 6.48 Å². The van der Waals surface area contributed by atoms with Crippen LogP contribution in [-0.4, -0.2) is 12.0 Å². The normalized spacial score (nSPS) is 26.5. The lowest BCUT2D eigenvalue weighted by Gasteiger charge is -2.52. The molecule has 7 aliphatic rings. The first-order valence-corrected chi connectivity index (χ1v) is 28.3. The molecule has 0 spiro atoms. The van der Waals surface area contributed by atoms with E-state index in [0.717, 1.165) is 0 Å². The van der Waals surface area contributed by atoms with Crippen molar-refractivity contribution in [2.75, 3.05) is 9.80 Å². The average Bonchev–Trinajstić information content (AvgIpc) is 3.67. The molecule has 0 bridgehead atoms. The van der Waals surface area contributed by atoms with Crippen molar-refractivity contribution < 1.29 is 0 Å². The molecule has 0 amide bonds. The number of fused-ring (bicyclic) bond motifs is 8. The highest BCUT2D eigenvalue weighted by Crippen LogP contribution is 2.66. The first-order valence-electron chi connectivity index (χ1n) is 27.4. The molecule has 3 aliphatic heterocycles. The molecule has 2 nitrogen and oxygen atoms in total. The summed E-state index contributed by atoms with van der Waals surface area (Å²) < 4.78 is 0. The van der Waals surface area contributed by atoms with Gasteiger partial charge < -0.3 is 9.80 Å². The lowest BCUT2D eigenvalue weighted by atomic mass is 9.35. The summed E-state index contributed by atoms with van der Waals surface area (Å²) in [6.45, 7) is 50.6. The molecule has 3 heterocycles. The zero-order valence-electron chi connectivity index (χ0n) is 46.9. The van der Waals surface area contributed by atoms with E-state index in [9.17, 15) is 0 Å². The molecule has 0 saturated heterocycles. The van der Waals surface area contributed by atoms with E-state index in [1.165, 1.54) is 113 Å². The minimum Gasteiger partial charge on any atom is -0.314 e. The van der Waals surface area contributed by atoms with E-state index in [-0.39, 0.29) is 55.4 Å². The number of hydrogen-bond donors (Lipinski definition) is 0. The summed E-state index contributed by atoms with van der Waals surface area (Å²) in [5, 5.41) is 0.489. The van der Waals surface area contributed by atoms with Gasteiger partial charge in [0.25, 0.3) is 6.71 Å². The van der Waals surface area contributed by atoms with Crippen LogP contribution in [0, 0.1) is 23.7 Å². The van der Waals surface area contributed by atoms with Crippen molar-refractivity contribution in [1.82, 2.24) is 0 Å². The Labute approximate surface area is 424 Å². The maximum atomic E-state index is 2.93. The van der Waals surface area contributed by atoms with Gasteiger partial charge >= 0.3 is 0 Å². The third-order valence-electron chi connectivity index (χ3n) is 20.5. The smallest absolute Gasteiger partial charge is 0.259 e. The van der Waals surface area contributed by atoms with Gasteiger partial charge in [0, 0.05) is 45.3 Å². The Kier molecular flexibility index (Phi) is 10.0. The predicted molar refractivity (Wildman–Crippen MR) is 303 cm³/mol. The van der Waals surface area contributed by atoms with Crippen molar-refractivity contribution >= 4 is 57.8 Å². The lowest BCUT2D eigenvalue weighted by molar-refractivity contribution is 0.0881. The summed E-state index contributed by atoms with van der Waals surface area (Å²) in [6.07, 6.45) is 9.77. The van der Waals surface area contributed by atoms with E-state index >= 15 is 0 Å². The fourth-order valence-corrected chi connectivity index (χ4v) is 17.4. The van der Waals surface area contributed by atoms with Gasteiger partial charge in [0.15, 0.2) is 0 Å². The van der Waals surface area contributed by atoms with Crippen molar-refractivity contribution in [3.8, 4) is 0 Å². The summed E-state index contributed by atoms with van der Waals surface area (Å²) in [4.78, 5) is 7.36. The second-order valence-corrected chi connectivity index (χ2v) is 31.3. The maximum Gasteiger partial charge on any atom is 0.259 e. The Hall–Kier alpha value is -3.37. The van der Waals surface area contributed by atoms with E-state index in [2.05, 4.69) is 215 Å². The summed E-state index contributed by atoms with van der Waals surface area (Å²) >= 11 is 2.30. The van der Waals surface area contributed by atoms with Crippen LogP contribution in [0.2, 0.25) is 0 Å². The molecule has 4 heteroatoms. The number of allylic oxidation sites excluding steroid dienone is 1. The van der Waals surface area contributed by atoms with E-state index in [4.69, 9.17) is 0 Å². The van der Waals surface area contributed by atoms with E-state index in [0.29, 0.717) is 11.2 Å². The number of rotatable bonds is 2. The SMILES string of the molecule is Cc1c(N2C3=C(SC4C3C(C)(C)CCC4(C)C)B3c4cc5c(cc4N(c4ccc6c(c4)C(C)(C)CCC6(C)C)c4cc(C(C)(C)C)cc2c43)C(C)(C)CCC5(C)C)ccc2c1C(C)(C)CCC2(C)C. The highest BCUT2D eigenvalue weighted by atomic mass is 32.2. The molecule has 2 atom stereocenters. The summed E-state index contributed by atoms with van der Waals surface area (Å²) in [7, 11) is 0. The first-order chi connectivity index (χ1) is 31.7. The minimum atomic E-state index is -0.0764. The van der Waals surface area contributed by atoms with Gasteiger partial charge in [0.1, 0.15) is 0 Å². The van der Waals surface area contributed by atoms with Crippen LogP contribution in [0.25, 0.3) is 0 Å². The van der Waals surface area contributed by atoms with Gasteiger partial charge in [0.2, 0.25) is 0 Å². The van der Waals surface area contributed by atoms with Crippen LogP contribution in [0.5, 0.6) is 0 Å². The quantitative estimate of drug-likeness (QED) is 0.185. The Morgan fingerprint density at radius 1 is 0.493 bits per heavy atom. The van der Waals surface area contributed by atoms with Crippen LogP contribution in [0.1, 0.15) is 227 Å². The minimum absolute atomic E-state index is 0.0764. The Balaban J connectivity index is 1.30. The monoisotopic (exact) mass is 939 g/mol. The fraction of sp³-hybridized carbons (Fsp3) is 0.600. The van der Waals surface area contributed by atoms with Crippen LogP contribution in [0.4, 0.5) is 28.4 Å². The molecule has 1 saturated carbocycles. The van der Waals surface area contributed by atoms with Gasteiger partial charge in [-0.3, -0.25) is 0 Å². The number of hydrogen-bond acceptors (Lipinski definition) is 3. The summed E-state index contributed by atoms with van der Waals surface area (Å²) in [5.41, 5.74) is 24.7. The zero-order valence-corrected chi connectivity index (χ0v) is 47.7. The molecular weight excluding hydrogens is 852 g/mol. The van der Waals surface area contributed by atoms with Gasteiger partial charge in [-0.15, -0.1) is 11.8 Å². The van der Waals surface area contributed by atoms with Crippen molar-refractivity contribution in [3.05, 3.63) is 110 Å². The van der Waals surface area contributed by atoms with Gasteiger partial charge in [-0.05, 0) is 204 Å². The molecule has 0 aromatic heterocycles. The molecule has 4 aromatic carbocycles. The molecule has 0 radical (unpaired) electrons. The highest BCUT2D eigenvalue weighted by Gasteiger charge is 2.60. The van der Waals surface area contributed by atoms with Crippen LogP contribution < -0.4 is 20.7 Å². The average molecular weight is 939 g/mol. The summed E-state index contributed by atoms with van der Waals surface area (Å²) in [6, 6.07) is 23.7. The lowest BCUT2D eigenvalue weighted by Crippen LogP contribution is -2.57. The second kappa shape index (κ2) is 14.4. The molecule has 11 rings (SSSR count). The number of thioether (sulfide) groups is 1. The third-order valence-corrected chi connectivity index (χ3v) is 22.4. The third kappa shape index (κ3) is 6.83. The zero-order chi connectivity index (χ0) is 49.9. The predicted octanol–water partition coefficient (Wildman–Crippen LogP) is 17.2. The van der Waals surface area contributed by atoms with E-state index in [1.807, 2.05) is 0 Å². The van der Waals surface area contributed by atoms with Crippen LogP contribution in [-0.2, 0) is 37.9 Å². The molecule has 69 heavy (non-hydrogen) atoms. The number of nitrogens with zero attached hydrogens (tertiary/aromatic N) is 2. The van der Waals surface area contributed by atoms with Gasteiger partial charge in [-0.2, -0.15) is 0 Å². The molecule has 366 valence electrons. The Morgan fingerprint density at radius 2 is 0.986 bits per heavy atom. The molecule has 4 aliphatic carbocycles. The second-order valence-electron chi connectivity index (χ2n) is 30.1. The Morgan fingerprint density at radius 3 is 1.58 bits per heavy atom. The largest absolute Gasteiger partial charge is 0.314 e. The van der Waals surface area contributed by atoms with Gasteiger partial charge in [0.05, 0.1) is 0 Å². The van der Waals surface area contributed by atoms with E-state index < -0.39 is 0 Å². The molecular formula is C65H87BN2S. The van der Waals surface area contributed by atoms with Crippen LogP contribution >= 0.6 is 11.8 Å². The van der Waals surface area contributed by atoms with Crippen LogP contribution in [0.15, 0.2) is 65.1 Å². The molecule has 4 aromatic rings. The highest BCUT2D eigenvalue weighted by molar-refractivity contribution is 8.06. The van der Waals surface area contributed by atoms with Crippen molar-refractivity contribution in [2.45, 2.75) is 233 Å².